The second-order valence-electron chi connectivity index (χ2n) is 7.64. The van der Waals surface area contributed by atoms with Crippen molar-refractivity contribution in [3.63, 3.8) is 0 Å². The second-order valence-corrected chi connectivity index (χ2v) is 9.58. The average molecular weight is 477 g/mol. The summed E-state index contributed by atoms with van der Waals surface area (Å²) in [6, 6.07) is 11.9. The maximum Gasteiger partial charge on any atom is 0.251 e. The molecule has 1 fully saturated rings. The fourth-order valence-electron chi connectivity index (χ4n) is 3.73. The normalized spacial score (nSPS) is 14.7. The molecule has 0 aliphatic carbocycles. The van der Waals surface area contributed by atoms with Crippen molar-refractivity contribution in [1.29, 1.82) is 0 Å². The van der Waals surface area contributed by atoms with Crippen LogP contribution in [0.5, 0.6) is 0 Å². The Morgan fingerprint density at radius 3 is 2.24 bits per heavy atom. The summed E-state index contributed by atoms with van der Waals surface area (Å²) < 4.78 is 40.8. The Bertz CT molecular complexity index is 1080. The van der Waals surface area contributed by atoms with Crippen molar-refractivity contribution in [2.75, 3.05) is 50.7 Å². The summed E-state index contributed by atoms with van der Waals surface area (Å²) in [6.45, 7) is 6.15. The minimum atomic E-state index is -3.79. The molecule has 1 N–H and O–H groups in total. The van der Waals surface area contributed by atoms with Gasteiger partial charge in [-0.15, -0.1) is 0 Å². The molecule has 178 valence electrons. The van der Waals surface area contributed by atoms with E-state index >= 15 is 0 Å². The van der Waals surface area contributed by atoms with E-state index in [9.17, 15) is 22.4 Å². The van der Waals surface area contributed by atoms with Crippen LogP contribution in [0.25, 0.3) is 0 Å². The van der Waals surface area contributed by atoms with E-state index in [0.717, 1.165) is 5.69 Å². The molecule has 1 heterocycles. The molecule has 0 bridgehead atoms. The lowest BCUT2D eigenvalue weighted by atomic mass is 10.2. The molecule has 1 aliphatic heterocycles. The summed E-state index contributed by atoms with van der Waals surface area (Å²) in [4.78, 5) is 28.2. The van der Waals surface area contributed by atoms with Gasteiger partial charge in [-0.2, -0.15) is 4.31 Å². The largest absolute Gasteiger partial charge is 0.369 e. The highest BCUT2D eigenvalue weighted by molar-refractivity contribution is 7.89. The average Bonchev–Trinajstić information content (AvgIpc) is 2.84. The molecule has 0 unspecified atom stereocenters. The Morgan fingerprint density at radius 1 is 1.00 bits per heavy atom. The first-order valence-electron chi connectivity index (χ1n) is 10.9. The Labute approximate surface area is 194 Å². The van der Waals surface area contributed by atoms with Crippen LogP contribution in [0.1, 0.15) is 24.2 Å². The number of rotatable bonds is 8. The summed E-state index contributed by atoms with van der Waals surface area (Å²) in [5.74, 6) is -1.02. The van der Waals surface area contributed by atoms with Crippen LogP contribution in [0.4, 0.5) is 10.1 Å². The van der Waals surface area contributed by atoms with Crippen molar-refractivity contribution in [1.82, 2.24) is 14.5 Å². The molecule has 3 rings (SSSR count). The van der Waals surface area contributed by atoms with Crippen molar-refractivity contribution < 1.29 is 22.4 Å². The van der Waals surface area contributed by atoms with Crippen molar-refractivity contribution in [3.05, 3.63) is 59.9 Å². The standard InChI is InChI=1S/C23H29FN4O4S/c1-3-26(4-2)22(29)17-25-23(30)18-6-5-7-21(16-18)33(31,32)28-14-12-27(13-15-28)20-10-8-19(24)9-11-20/h5-11,16H,3-4,12-15,17H2,1-2H3,(H,25,30). The molecule has 2 aromatic carbocycles. The number of nitrogens with zero attached hydrogens (tertiary/aromatic N) is 3. The maximum absolute atomic E-state index is 13.2. The third-order valence-corrected chi connectivity index (χ3v) is 7.58. The van der Waals surface area contributed by atoms with Gasteiger partial charge in [-0.3, -0.25) is 9.59 Å². The van der Waals surface area contributed by atoms with Crippen molar-refractivity contribution >= 4 is 27.5 Å². The van der Waals surface area contributed by atoms with Crippen LogP contribution in [0, 0.1) is 5.82 Å². The van der Waals surface area contributed by atoms with Crippen LogP contribution in [0.2, 0.25) is 0 Å². The van der Waals surface area contributed by atoms with Gasteiger partial charge in [0.1, 0.15) is 5.82 Å². The number of piperazine rings is 1. The number of halogens is 1. The zero-order valence-electron chi connectivity index (χ0n) is 18.8. The number of sulfonamides is 1. The monoisotopic (exact) mass is 476 g/mol. The van der Waals surface area contributed by atoms with Gasteiger partial charge in [-0.1, -0.05) is 6.07 Å². The fraction of sp³-hybridized carbons (Fsp3) is 0.391. The molecule has 0 saturated carbocycles. The van der Waals surface area contributed by atoms with Gasteiger partial charge >= 0.3 is 0 Å². The molecule has 0 aromatic heterocycles. The van der Waals surface area contributed by atoms with Crippen molar-refractivity contribution in [3.8, 4) is 0 Å². The third-order valence-electron chi connectivity index (χ3n) is 5.68. The first-order chi connectivity index (χ1) is 15.8. The van der Waals surface area contributed by atoms with Gasteiger partial charge in [0.25, 0.3) is 5.91 Å². The lowest BCUT2D eigenvalue weighted by Crippen LogP contribution is -2.48. The van der Waals surface area contributed by atoms with Crippen LogP contribution in [0.15, 0.2) is 53.4 Å². The quantitative estimate of drug-likeness (QED) is 0.629. The van der Waals surface area contributed by atoms with Crippen molar-refractivity contribution in [2.45, 2.75) is 18.7 Å². The number of likely N-dealkylation sites (N-methyl/N-ethyl adjacent to an activating group) is 1. The highest BCUT2D eigenvalue weighted by Gasteiger charge is 2.29. The van der Waals surface area contributed by atoms with Gasteiger partial charge < -0.3 is 15.1 Å². The molecule has 1 saturated heterocycles. The van der Waals surface area contributed by atoms with E-state index in [1.54, 1.807) is 17.0 Å². The zero-order chi connectivity index (χ0) is 24.0. The van der Waals surface area contributed by atoms with Gasteiger partial charge in [0, 0.05) is 50.5 Å². The van der Waals surface area contributed by atoms with Crippen LogP contribution >= 0.6 is 0 Å². The van der Waals surface area contributed by atoms with E-state index in [1.165, 1.54) is 40.7 Å². The third kappa shape index (κ3) is 5.88. The summed E-state index contributed by atoms with van der Waals surface area (Å²) in [7, 11) is -3.79. The number of hydrogen-bond donors (Lipinski definition) is 1. The number of nitrogens with one attached hydrogen (secondary N) is 1. The molecule has 0 radical (unpaired) electrons. The molecular formula is C23H29FN4O4S. The van der Waals surface area contributed by atoms with Crippen LogP contribution in [-0.4, -0.2) is 75.3 Å². The smallest absolute Gasteiger partial charge is 0.251 e. The molecule has 10 heteroatoms. The SMILES string of the molecule is CCN(CC)C(=O)CNC(=O)c1cccc(S(=O)(=O)N2CCN(c3ccc(F)cc3)CC2)c1. The molecule has 8 nitrogen and oxygen atoms in total. The predicted molar refractivity (Wildman–Crippen MR) is 124 cm³/mol. The van der Waals surface area contributed by atoms with Gasteiger partial charge in [0.15, 0.2) is 0 Å². The number of amides is 2. The molecule has 1 aliphatic rings. The Morgan fingerprint density at radius 2 is 1.64 bits per heavy atom. The lowest BCUT2D eigenvalue weighted by Gasteiger charge is -2.35. The van der Waals surface area contributed by atoms with E-state index in [0.29, 0.717) is 26.2 Å². The number of benzene rings is 2. The number of anilines is 1. The molecule has 0 atom stereocenters. The van der Waals surface area contributed by atoms with E-state index in [1.807, 2.05) is 18.7 Å². The van der Waals surface area contributed by atoms with Gasteiger partial charge in [0.2, 0.25) is 15.9 Å². The number of hydrogen-bond acceptors (Lipinski definition) is 5. The summed E-state index contributed by atoms with van der Waals surface area (Å²) in [5, 5.41) is 2.56. The molecular weight excluding hydrogens is 447 g/mol. The Balaban J connectivity index is 1.64. The van der Waals surface area contributed by atoms with E-state index in [4.69, 9.17) is 0 Å². The first kappa shape index (κ1) is 24.7. The molecule has 33 heavy (non-hydrogen) atoms. The van der Waals surface area contributed by atoms with E-state index in [-0.39, 0.29) is 41.8 Å². The number of carbonyl (C=O) groups excluding carboxylic acids is 2. The summed E-state index contributed by atoms with van der Waals surface area (Å²) in [6.07, 6.45) is 0. The molecule has 2 aromatic rings. The van der Waals surface area contributed by atoms with Crippen LogP contribution in [-0.2, 0) is 14.8 Å². The summed E-state index contributed by atoms with van der Waals surface area (Å²) >= 11 is 0. The van der Waals surface area contributed by atoms with Gasteiger partial charge in [-0.05, 0) is 56.3 Å². The zero-order valence-corrected chi connectivity index (χ0v) is 19.6. The topological polar surface area (TPSA) is 90.0 Å². The number of carbonyl (C=O) groups is 2. The fourth-order valence-corrected chi connectivity index (χ4v) is 5.20. The second kappa shape index (κ2) is 10.8. The highest BCUT2D eigenvalue weighted by Crippen LogP contribution is 2.22. The Hall–Kier alpha value is -2.98. The Kier molecular flexibility index (Phi) is 8.04. The molecule has 0 spiro atoms. The molecule has 2 amide bonds. The van der Waals surface area contributed by atoms with Crippen LogP contribution < -0.4 is 10.2 Å². The minimum Gasteiger partial charge on any atom is -0.369 e. The first-order valence-corrected chi connectivity index (χ1v) is 12.4. The van der Waals surface area contributed by atoms with Crippen LogP contribution in [0.3, 0.4) is 0 Å². The minimum absolute atomic E-state index is 0.0282. The van der Waals surface area contributed by atoms with E-state index in [2.05, 4.69) is 5.32 Å². The highest BCUT2D eigenvalue weighted by atomic mass is 32.2. The predicted octanol–water partition coefficient (Wildman–Crippen LogP) is 1.93. The van der Waals surface area contributed by atoms with E-state index < -0.39 is 15.9 Å². The maximum atomic E-state index is 13.2. The van der Waals surface area contributed by atoms with Gasteiger partial charge in [0.05, 0.1) is 11.4 Å². The lowest BCUT2D eigenvalue weighted by molar-refractivity contribution is -0.129. The summed E-state index contributed by atoms with van der Waals surface area (Å²) in [5.41, 5.74) is 1.01. The van der Waals surface area contributed by atoms with Gasteiger partial charge in [-0.25, -0.2) is 12.8 Å². The van der Waals surface area contributed by atoms with Crippen molar-refractivity contribution in [2.24, 2.45) is 0 Å².